The van der Waals surface area contributed by atoms with Crippen molar-refractivity contribution >= 4 is 23.1 Å². The number of nitrogen functional groups attached to an aromatic ring is 1. The van der Waals surface area contributed by atoms with Crippen LogP contribution in [0.5, 0.6) is 0 Å². The Bertz CT molecular complexity index is 561. The molecule has 0 aliphatic rings. The van der Waals surface area contributed by atoms with Crippen LogP contribution in [-0.4, -0.2) is 5.78 Å². The molecule has 17 heavy (non-hydrogen) atoms. The highest BCUT2D eigenvalue weighted by Crippen LogP contribution is 2.18. The van der Waals surface area contributed by atoms with Gasteiger partial charge in [-0.25, -0.2) is 0 Å². The second kappa shape index (κ2) is 4.60. The Kier molecular flexibility index (Phi) is 3.16. The number of halogens is 1. The van der Waals surface area contributed by atoms with Gasteiger partial charge in [-0.05, 0) is 55.0 Å². The molecule has 0 aliphatic carbocycles. The van der Waals surface area contributed by atoms with Gasteiger partial charge >= 0.3 is 0 Å². The summed E-state index contributed by atoms with van der Waals surface area (Å²) in [7, 11) is 0. The quantitative estimate of drug-likeness (QED) is 0.650. The number of hydrogen-bond donors (Lipinski definition) is 1. The standard InChI is InChI=1S/C14H12ClNO/c1-9-8-12(16)6-7-13(9)14(17)10-2-4-11(15)5-3-10/h2-8H,16H2,1H3. The second-order valence-corrected chi connectivity index (χ2v) is 4.35. The van der Waals surface area contributed by atoms with E-state index in [-0.39, 0.29) is 5.78 Å². The fraction of sp³-hybridized carbons (Fsp3) is 0.0714. The highest BCUT2D eigenvalue weighted by molar-refractivity contribution is 6.30. The smallest absolute Gasteiger partial charge is 0.193 e. The molecule has 3 heteroatoms. The maximum atomic E-state index is 12.2. The highest BCUT2D eigenvalue weighted by Gasteiger charge is 2.11. The van der Waals surface area contributed by atoms with Crippen molar-refractivity contribution in [3.8, 4) is 0 Å². The van der Waals surface area contributed by atoms with E-state index in [1.807, 2.05) is 6.92 Å². The van der Waals surface area contributed by atoms with Crippen LogP contribution in [0.1, 0.15) is 21.5 Å². The maximum Gasteiger partial charge on any atom is 0.193 e. The van der Waals surface area contributed by atoms with Crippen LogP contribution in [0.15, 0.2) is 42.5 Å². The van der Waals surface area contributed by atoms with Crippen LogP contribution in [-0.2, 0) is 0 Å². The second-order valence-electron chi connectivity index (χ2n) is 3.91. The Balaban J connectivity index is 2.40. The minimum Gasteiger partial charge on any atom is -0.399 e. The van der Waals surface area contributed by atoms with Crippen molar-refractivity contribution in [2.75, 3.05) is 5.73 Å². The first-order valence-corrected chi connectivity index (χ1v) is 5.62. The number of nitrogens with two attached hydrogens (primary N) is 1. The summed E-state index contributed by atoms with van der Waals surface area (Å²) in [6, 6.07) is 12.1. The number of aryl methyl sites for hydroxylation is 1. The lowest BCUT2D eigenvalue weighted by molar-refractivity contribution is 0.103. The van der Waals surface area contributed by atoms with Crippen LogP contribution in [0.3, 0.4) is 0 Å². The SMILES string of the molecule is Cc1cc(N)ccc1C(=O)c1ccc(Cl)cc1. The molecule has 0 aromatic heterocycles. The van der Waals surface area contributed by atoms with E-state index in [9.17, 15) is 4.79 Å². The zero-order valence-electron chi connectivity index (χ0n) is 9.41. The van der Waals surface area contributed by atoms with Gasteiger partial charge in [-0.2, -0.15) is 0 Å². The van der Waals surface area contributed by atoms with Crippen molar-refractivity contribution in [3.63, 3.8) is 0 Å². The summed E-state index contributed by atoms with van der Waals surface area (Å²) < 4.78 is 0. The molecule has 0 saturated carbocycles. The zero-order chi connectivity index (χ0) is 12.4. The first-order chi connectivity index (χ1) is 8.08. The van der Waals surface area contributed by atoms with E-state index in [1.54, 1.807) is 42.5 Å². The van der Waals surface area contributed by atoms with Crippen LogP contribution in [0, 0.1) is 6.92 Å². The fourth-order valence-corrected chi connectivity index (χ4v) is 1.82. The molecule has 0 amide bonds. The van der Waals surface area contributed by atoms with E-state index < -0.39 is 0 Å². The van der Waals surface area contributed by atoms with E-state index in [1.165, 1.54) is 0 Å². The normalized spacial score (nSPS) is 10.2. The molecule has 0 spiro atoms. The fourth-order valence-electron chi connectivity index (χ4n) is 1.70. The van der Waals surface area contributed by atoms with Gasteiger partial charge in [0.15, 0.2) is 5.78 Å². The number of benzene rings is 2. The maximum absolute atomic E-state index is 12.2. The van der Waals surface area contributed by atoms with Gasteiger partial charge < -0.3 is 5.73 Å². The monoisotopic (exact) mass is 245 g/mol. The Morgan fingerprint density at radius 3 is 2.35 bits per heavy atom. The number of carbonyl (C=O) groups excluding carboxylic acids is 1. The summed E-state index contributed by atoms with van der Waals surface area (Å²) in [6.07, 6.45) is 0. The summed E-state index contributed by atoms with van der Waals surface area (Å²) >= 11 is 5.79. The molecule has 86 valence electrons. The van der Waals surface area contributed by atoms with Gasteiger partial charge in [-0.15, -0.1) is 0 Å². The molecule has 0 bridgehead atoms. The summed E-state index contributed by atoms with van der Waals surface area (Å²) in [5.41, 5.74) is 8.49. The van der Waals surface area contributed by atoms with Crippen molar-refractivity contribution in [3.05, 3.63) is 64.2 Å². The third-order valence-electron chi connectivity index (χ3n) is 2.60. The first-order valence-electron chi connectivity index (χ1n) is 5.24. The van der Waals surface area contributed by atoms with E-state index in [2.05, 4.69) is 0 Å². The minimum atomic E-state index is -0.0147. The molecule has 0 atom stereocenters. The van der Waals surface area contributed by atoms with E-state index in [0.29, 0.717) is 21.8 Å². The lowest BCUT2D eigenvalue weighted by Gasteiger charge is -2.06. The topological polar surface area (TPSA) is 43.1 Å². The van der Waals surface area contributed by atoms with Crippen molar-refractivity contribution < 1.29 is 4.79 Å². The van der Waals surface area contributed by atoms with Crippen LogP contribution in [0.2, 0.25) is 5.02 Å². The molecule has 0 unspecified atom stereocenters. The van der Waals surface area contributed by atoms with Gasteiger partial charge in [0, 0.05) is 21.8 Å². The average Bonchev–Trinajstić information content (AvgIpc) is 2.29. The van der Waals surface area contributed by atoms with Gasteiger partial charge in [0.2, 0.25) is 0 Å². The van der Waals surface area contributed by atoms with Gasteiger partial charge in [0.25, 0.3) is 0 Å². The zero-order valence-corrected chi connectivity index (χ0v) is 10.2. The van der Waals surface area contributed by atoms with Crippen LogP contribution >= 0.6 is 11.6 Å². The lowest BCUT2D eigenvalue weighted by Crippen LogP contribution is -2.04. The Hall–Kier alpha value is -1.80. The van der Waals surface area contributed by atoms with Gasteiger partial charge in [-0.1, -0.05) is 11.6 Å². The lowest BCUT2D eigenvalue weighted by atomic mass is 9.99. The molecule has 2 N–H and O–H groups in total. The van der Waals surface area contributed by atoms with Gasteiger partial charge in [0.05, 0.1) is 0 Å². The number of ketones is 1. The molecule has 2 nitrogen and oxygen atoms in total. The molecule has 0 saturated heterocycles. The van der Waals surface area contributed by atoms with E-state index in [0.717, 1.165) is 5.56 Å². The Morgan fingerprint density at radius 1 is 1.12 bits per heavy atom. The summed E-state index contributed by atoms with van der Waals surface area (Å²) in [4.78, 5) is 12.2. The predicted molar refractivity (Wildman–Crippen MR) is 70.5 cm³/mol. The summed E-state index contributed by atoms with van der Waals surface area (Å²) in [5.74, 6) is -0.0147. The average molecular weight is 246 g/mol. The Labute approximate surface area is 105 Å². The molecule has 0 heterocycles. The highest BCUT2D eigenvalue weighted by atomic mass is 35.5. The predicted octanol–water partition coefficient (Wildman–Crippen LogP) is 3.46. The van der Waals surface area contributed by atoms with Crippen molar-refractivity contribution in [2.45, 2.75) is 6.92 Å². The molecule has 0 aliphatic heterocycles. The van der Waals surface area contributed by atoms with Crippen LogP contribution in [0.25, 0.3) is 0 Å². The molecular weight excluding hydrogens is 234 g/mol. The number of carbonyl (C=O) groups is 1. The summed E-state index contributed by atoms with van der Waals surface area (Å²) in [6.45, 7) is 1.87. The first kappa shape index (κ1) is 11.7. The molecule has 2 aromatic rings. The molecule has 0 radical (unpaired) electrons. The number of hydrogen-bond acceptors (Lipinski definition) is 2. The summed E-state index contributed by atoms with van der Waals surface area (Å²) in [5, 5.41) is 0.621. The largest absolute Gasteiger partial charge is 0.399 e. The number of anilines is 1. The number of rotatable bonds is 2. The third-order valence-corrected chi connectivity index (χ3v) is 2.85. The minimum absolute atomic E-state index is 0.0147. The molecule has 0 fully saturated rings. The van der Waals surface area contributed by atoms with Gasteiger partial charge in [0.1, 0.15) is 0 Å². The van der Waals surface area contributed by atoms with Crippen LogP contribution < -0.4 is 5.73 Å². The van der Waals surface area contributed by atoms with E-state index >= 15 is 0 Å². The Morgan fingerprint density at radius 2 is 1.76 bits per heavy atom. The molecular formula is C14H12ClNO. The van der Waals surface area contributed by atoms with Crippen molar-refractivity contribution in [1.82, 2.24) is 0 Å². The van der Waals surface area contributed by atoms with Crippen molar-refractivity contribution in [1.29, 1.82) is 0 Å². The van der Waals surface area contributed by atoms with E-state index in [4.69, 9.17) is 17.3 Å². The van der Waals surface area contributed by atoms with Crippen LogP contribution in [0.4, 0.5) is 5.69 Å². The van der Waals surface area contributed by atoms with Gasteiger partial charge in [-0.3, -0.25) is 4.79 Å². The third kappa shape index (κ3) is 2.48. The molecule has 2 rings (SSSR count). The van der Waals surface area contributed by atoms with Crippen molar-refractivity contribution in [2.24, 2.45) is 0 Å². The molecule has 2 aromatic carbocycles.